The molecular weight excluding hydrogens is 270 g/mol. The third-order valence-corrected chi connectivity index (χ3v) is 5.37. The van der Waals surface area contributed by atoms with Gasteiger partial charge in [-0.1, -0.05) is 25.1 Å². The fourth-order valence-corrected chi connectivity index (χ4v) is 4.29. The highest BCUT2D eigenvalue weighted by atomic mass is 32.1. The number of rotatable bonds is 3. The average molecular weight is 289 g/mol. The van der Waals surface area contributed by atoms with Crippen LogP contribution in [0.5, 0.6) is 0 Å². The van der Waals surface area contributed by atoms with Crippen molar-refractivity contribution in [1.82, 2.24) is 4.90 Å². The second-order valence-electron chi connectivity index (χ2n) is 5.83. The standard InChI is InChI=1S/C16H19NO2S/c1-10-7-11(2)17(8-10)9-13-12-5-3-4-6-14(12)20-15(13)16(18)19/h3-6,10-11H,7-9H2,1-2H3,(H,18,19). The lowest BCUT2D eigenvalue weighted by Crippen LogP contribution is -2.27. The van der Waals surface area contributed by atoms with Gasteiger partial charge in [-0.05, 0) is 36.3 Å². The van der Waals surface area contributed by atoms with Crippen LogP contribution < -0.4 is 0 Å². The molecule has 1 fully saturated rings. The van der Waals surface area contributed by atoms with E-state index in [1.165, 1.54) is 17.8 Å². The van der Waals surface area contributed by atoms with E-state index in [2.05, 4.69) is 18.7 Å². The Morgan fingerprint density at radius 3 is 2.80 bits per heavy atom. The molecule has 1 aromatic carbocycles. The SMILES string of the molecule is CC1CC(C)N(Cc2c(C(=O)O)sc3ccccc23)C1. The highest BCUT2D eigenvalue weighted by Gasteiger charge is 2.28. The molecule has 106 valence electrons. The van der Waals surface area contributed by atoms with Crippen LogP contribution in [0.15, 0.2) is 24.3 Å². The summed E-state index contributed by atoms with van der Waals surface area (Å²) in [5, 5.41) is 10.5. The molecule has 1 aliphatic rings. The maximum absolute atomic E-state index is 11.5. The van der Waals surface area contributed by atoms with Crippen molar-refractivity contribution in [3.05, 3.63) is 34.7 Å². The normalized spacial score (nSPS) is 23.5. The Morgan fingerprint density at radius 1 is 1.40 bits per heavy atom. The molecule has 20 heavy (non-hydrogen) atoms. The van der Waals surface area contributed by atoms with Crippen molar-refractivity contribution < 1.29 is 9.90 Å². The van der Waals surface area contributed by atoms with E-state index in [1.54, 1.807) is 0 Å². The summed E-state index contributed by atoms with van der Waals surface area (Å²) in [6.45, 7) is 6.31. The lowest BCUT2D eigenvalue weighted by atomic mass is 10.1. The Hall–Kier alpha value is -1.39. The summed E-state index contributed by atoms with van der Waals surface area (Å²) in [5.74, 6) is -0.107. The quantitative estimate of drug-likeness (QED) is 0.933. The fourth-order valence-electron chi connectivity index (χ4n) is 3.24. The Balaban J connectivity index is 2.01. The summed E-state index contributed by atoms with van der Waals surface area (Å²) in [6.07, 6.45) is 1.20. The van der Waals surface area contributed by atoms with Crippen molar-refractivity contribution in [2.45, 2.75) is 32.9 Å². The summed E-state index contributed by atoms with van der Waals surface area (Å²) in [7, 11) is 0. The average Bonchev–Trinajstić information content (AvgIpc) is 2.91. The van der Waals surface area contributed by atoms with Gasteiger partial charge in [-0.15, -0.1) is 11.3 Å². The van der Waals surface area contributed by atoms with Gasteiger partial charge in [-0.3, -0.25) is 4.90 Å². The van der Waals surface area contributed by atoms with Crippen molar-refractivity contribution in [3.63, 3.8) is 0 Å². The van der Waals surface area contributed by atoms with Gasteiger partial charge in [0.1, 0.15) is 4.88 Å². The number of thiophene rings is 1. The molecule has 3 nitrogen and oxygen atoms in total. The van der Waals surface area contributed by atoms with Gasteiger partial charge in [-0.2, -0.15) is 0 Å². The monoisotopic (exact) mass is 289 g/mol. The van der Waals surface area contributed by atoms with Crippen LogP contribution in [0.1, 0.15) is 35.5 Å². The molecule has 0 aliphatic carbocycles. The summed E-state index contributed by atoms with van der Waals surface area (Å²) in [5.41, 5.74) is 0.985. The molecule has 2 aromatic rings. The van der Waals surface area contributed by atoms with Gasteiger partial charge in [0.2, 0.25) is 0 Å². The zero-order chi connectivity index (χ0) is 14.3. The first kappa shape index (κ1) is 13.6. The maximum Gasteiger partial charge on any atom is 0.346 e. The van der Waals surface area contributed by atoms with Crippen LogP contribution in [0.4, 0.5) is 0 Å². The van der Waals surface area contributed by atoms with Gasteiger partial charge in [0.25, 0.3) is 0 Å². The van der Waals surface area contributed by atoms with E-state index < -0.39 is 5.97 Å². The molecule has 0 spiro atoms. The van der Waals surface area contributed by atoms with Gasteiger partial charge in [-0.25, -0.2) is 4.79 Å². The molecule has 2 atom stereocenters. The summed E-state index contributed by atoms with van der Waals surface area (Å²) < 4.78 is 1.07. The molecule has 1 N–H and O–H groups in total. The first-order valence-corrected chi connectivity index (χ1v) is 7.85. The predicted molar refractivity (Wildman–Crippen MR) is 82.4 cm³/mol. The first-order chi connectivity index (χ1) is 9.56. The van der Waals surface area contributed by atoms with Crippen molar-refractivity contribution >= 4 is 27.4 Å². The molecule has 0 bridgehead atoms. The van der Waals surface area contributed by atoms with Crippen LogP contribution >= 0.6 is 11.3 Å². The van der Waals surface area contributed by atoms with E-state index in [0.717, 1.165) is 28.7 Å². The second kappa shape index (κ2) is 5.19. The van der Waals surface area contributed by atoms with Crippen LogP contribution in [-0.2, 0) is 6.54 Å². The maximum atomic E-state index is 11.5. The molecule has 0 radical (unpaired) electrons. The molecule has 1 aliphatic heterocycles. The minimum Gasteiger partial charge on any atom is -0.477 e. The van der Waals surface area contributed by atoms with E-state index in [0.29, 0.717) is 16.8 Å². The first-order valence-electron chi connectivity index (χ1n) is 7.04. The number of aromatic carboxylic acids is 1. The smallest absolute Gasteiger partial charge is 0.346 e. The molecule has 4 heteroatoms. The third kappa shape index (κ3) is 2.34. The van der Waals surface area contributed by atoms with E-state index in [4.69, 9.17) is 0 Å². The molecule has 3 rings (SSSR count). The molecular formula is C16H19NO2S. The summed E-state index contributed by atoms with van der Waals surface area (Å²) in [4.78, 5) is 14.4. The highest BCUT2D eigenvalue weighted by molar-refractivity contribution is 7.21. The molecule has 2 unspecified atom stereocenters. The van der Waals surface area contributed by atoms with E-state index >= 15 is 0 Å². The number of nitrogens with zero attached hydrogens (tertiary/aromatic N) is 1. The Labute approximate surface area is 122 Å². The number of carboxylic acids is 1. The predicted octanol–water partition coefficient (Wildman–Crippen LogP) is 3.83. The number of carboxylic acid groups (broad SMARTS) is 1. The van der Waals surface area contributed by atoms with Crippen molar-refractivity contribution in [2.75, 3.05) is 6.54 Å². The van der Waals surface area contributed by atoms with Gasteiger partial charge < -0.3 is 5.11 Å². The van der Waals surface area contributed by atoms with Crippen molar-refractivity contribution in [2.24, 2.45) is 5.92 Å². The number of hydrogen-bond donors (Lipinski definition) is 1. The zero-order valence-electron chi connectivity index (χ0n) is 11.8. The topological polar surface area (TPSA) is 40.5 Å². The number of fused-ring (bicyclic) bond motifs is 1. The molecule has 1 aromatic heterocycles. The summed E-state index contributed by atoms with van der Waals surface area (Å²) >= 11 is 1.39. The molecule has 0 amide bonds. The Kier molecular flexibility index (Phi) is 3.52. The van der Waals surface area contributed by atoms with Crippen LogP contribution in [0.25, 0.3) is 10.1 Å². The van der Waals surface area contributed by atoms with Gasteiger partial charge >= 0.3 is 5.97 Å². The van der Waals surface area contributed by atoms with Gasteiger partial charge in [0.15, 0.2) is 0 Å². The summed E-state index contributed by atoms with van der Waals surface area (Å²) in [6, 6.07) is 8.53. The Bertz CT molecular complexity index is 649. The van der Waals surface area contributed by atoms with Crippen molar-refractivity contribution in [1.29, 1.82) is 0 Å². The third-order valence-electron chi connectivity index (χ3n) is 4.17. The minimum absolute atomic E-state index is 0.498. The lowest BCUT2D eigenvalue weighted by Gasteiger charge is -2.21. The largest absolute Gasteiger partial charge is 0.477 e. The number of likely N-dealkylation sites (tertiary alicyclic amines) is 1. The number of carbonyl (C=O) groups is 1. The molecule has 1 saturated heterocycles. The van der Waals surface area contributed by atoms with Crippen LogP contribution in [0.2, 0.25) is 0 Å². The fraction of sp³-hybridized carbons (Fsp3) is 0.438. The van der Waals surface area contributed by atoms with Crippen LogP contribution in [0, 0.1) is 5.92 Å². The van der Waals surface area contributed by atoms with E-state index in [9.17, 15) is 9.90 Å². The minimum atomic E-state index is -0.805. The number of benzene rings is 1. The van der Waals surface area contributed by atoms with Crippen LogP contribution in [-0.4, -0.2) is 28.6 Å². The van der Waals surface area contributed by atoms with Gasteiger partial charge in [0.05, 0.1) is 0 Å². The van der Waals surface area contributed by atoms with E-state index in [-0.39, 0.29) is 0 Å². The highest BCUT2D eigenvalue weighted by Crippen LogP contribution is 2.34. The second-order valence-corrected chi connectivity index (χ2v) is 6.88. The Morgan fingerprint density at radius 2 is 2.15 bits per heavy atom. The molecule has 2 heterocycles. The molecule has 0 saturated carbocycles. The van der Waals surface area contributed by atoms with Crippen molar-refractivity contribution in [3.8, 4) is 0 Å². The van der Waals surface area contributed by atoms with Gasteiger partial charge in [0, 0.05) is 23.8 Å². The van der Waals surface area contributed by atoms with Crippen LogP contribution in [0.3, 0.4) is 0 Å². The number of hydrogen-bond acceptors (Lipinski definition) is 3. The van der Waals surface area contributed by atoms with E-state index in [1.807, 2.05) is 24.3 Å². The zero-order valence-corrected chi connectivity index (χ0v) is 12.6. The lowest BCUT2D eigenvalue weighted by molar-refractivity contribution is 0.0700.